The minimum absolute atomic E-state index is 0. The summed E-state index contributed by atoms with van der Waals surface area (Å²) in [6.07, 6.45) is 3.06. The third-order valence-corrected chi connectivity index (χ3v) is 5.99. The average molecular weight is 1870 g/mol. The van der Waals surface area contributed by atoms with Gasteiger partial charge >= 0.3 is 0 Å². The van der Waals surface area contributed by atoms with E-state index in [0.29, 0.717) is 18.4 Å². The molecule has 4 rings (SSSR count). The van der Waals surface area contributed by atoms with Gasteiger partial charge in [-0.2, -0.15) is 25.3 Å². The zero-order valence-electron chi connectivity index (χ0n) is 25.3. The molecule has 4 aromatic rings. The van der Waals surface area contributed by atoms with Crippen molar-refractivity contribution < 1.29 is 194 Å². The minimum Gasteiger partial charge on any atom is -0.665 e. The molecular formula is C34H36O3W7Y-4. The predicted octanol–water partition coefficient (Wildman–Crippen LogP) is 8.03. The monoisotopic (exact) mass is 1870 g/mol. The van der Waals surface area contributed by atoms with E-state index in [1.54, 1.807) is 0 Å². The first kappa shape index (κ1) is 59.4. The third-order valence-electron chi connectivity index (χ3n) is 5.99. The molecule has 0 aliphatic rings. The fourth-order valence-electron chi connectivity index (χ4n) is 3.86. The van der Waals surface area contributed by atoms with Crippen molar-refractivity contribution in [2.45, 2.75) is 33.1 Å². The molecule has 4 aromatic carbocycles. The Hall–Kier alpha value is 2.20. The molecule has 0 heterocycles. The van der Waals surface area contributed by atoms with Gasteiger partial charge in [0, 0.05) is 186 Å². The van der Waals surface area contributed by atoms with Crippen LogP contribution in [-0.4, -0.2) is 13.2 Å². The SMILES string of the molecule is [CH2-]Oc1ccc(Cc2ccc(OCC(C)CC(CC)COc3cc[c-]cc3)cc2)cc1.[W].[W].[W].[W].[W].[W].[W].[Y].[c-]1cc[c-]cc1. The van der Waals surface area contributed by atoms with E-state index < -0.39 is 0 Å². The molecule has 0 saturated carbocycles. The second-order valence-electron chi connectivity index (χ2n) is 9.08. The molecule has 0 N–H and O–H groups in total. The molecule has 0 fully saturated rings. The van der Waals surface area contributed by atoms with Crippen molar-refractivity contribution in [3.8, 4) is 17.2 Å². The van der Waals surface area contributed by atoms with Gasteiger partial charge in [0.15, 0.2) is 0 Å². The molecule has 11 heteroatoms. The molecule has 0 spiro atoms. The summed E-state index contributed by atoms with van der Waals surface area (Å²) in [7, 11) is 3.43. The van der Waals surface area contributed by atoms with Gasteiger partial charge in [-0.05, 0) is 60.1 Å². The summed E-state index contributed by atoms with van der Waals surface area (Å²) in [6.45, 7) is 5.91. The summed E-state index contributed by atoms with van der Waals surface area (Å²) in [5, 5.41) is 0. The Morgan fingerprint density at radius 1 is 0.578 bits per heavy atom. The Balaban J connectivity index is -0.000000245. The van der Waals surface area contributed by atoms with Crippen molar-refractivity contribution in [3.63, 3.8) is 0 Å². The van der Waals surface area contributed by atoms with Gasteiger partial charge in [-0.15, -0.1) is 12.1 Å². The van der Waals surface area contributed by atoms with Gasteiger partial charge in [-0.3, -0.25) is 24.3 Å². The number of benzene rings is 4. The zero-order valence-corrected chi connectivity index (χ0v) is 48.7. The van der Waals surface area contributed by atoms with Gasteiger partial charge in [0.25, 0.3) is 0 Å². The summed E-state index contributed by atoms with van der Waals surface area (Å²) in [5.74, 6) is 3.59. The van der Waals surface area contributed by atoms with Gasteiger partial charge in [-0.25, -0.2) is 0 Å². The predicted molar refractivity (Wildman–Crippen MR) is 150 cm³/mol. The van der Waals surface area contributed by atoms with Crippen LogP contribution in [0.25, 0.3) is 0 Å². The van der Waals surface area contributed by atoms with E-state index in [2.05, 4.69) is 75.6 Å². The minimum atomic E-state index is 0. The summed E-state index contributed by atoms with van der Waals surface area (Å²) < 4.78 is 16.9. The molecule has 0 saturated heterocycles. The summed E-state index contributed by atoms with van der Waals surface area (Å²) in [6, 6.07) is 40.1. The number of ether oxygens (including phenoxy) is 3. The Bertz CT molecular complexity index is 1100. The Morgan fingerprint density at radius 2 is 0.978 bits per heavy atom. The van der Waals surface area contributed by atoms with Crippen LogP contribution in [0.1, 0.15) is 37.8 Å². The van der Waals surface area contributed by atoms with Crippen molar-refractivity contribution in [2.75, 3.05) is 13.2 Å². The van der Waals surface area contributed by atoms with Crippen LogP contribution in [0.3, 0.4) is 0 Å². The van der Waals surface area contributed by atoms with Gasteiger partial charge in [0.1, 0.15) is 5.75 Å². The molecule has 3 nitrogen and oxygen atoms in total. The Kier molecular flexibility index (Phi) is 49.4. The van der Waals surface area contributed by atoms with E-state index in [4.69, 9.17) is 14.2 Å². The largest absolute Gasteiger partial charge is 0.665 e. The molecule has 0 aromatic heterocycles. The van der Waals surface area contributed by atoms with Gasteiger partial charge in [0.2, 0.25) is 0 Å². The van der Waals surface area contributed by atoms with E-state index in [9.17, 15) is 0 Å². The Labute approximate surface area is 397 Å². The van der Waals surface area contributed by atoms with E-state index in [1.807, 2.05) is 60.7 Å². The van der Waals surface area contributed by atoms with Crippen molar-refractivity contribution in [1.29, 1.82) is 0 Å². The molecular weight excluding hydrogens is 1830 g/mol. The molecule has 1 radical (unpaired) electrons. The summed E-state index contributed by atoms with van der Waals surface area (Å²) in [5.41, 5.74) is 2.50. The maximum Gasteiger partial charge on any atom is 0.119 e. The van der Waals surface area contributed by atoms with E-state index in [1.165, 1.54) is 11.1 Å². The van der Waals surface area contributed by atoms with Crippen LogP contribution >= 0.6 is 0 Å². The fourth-order valence-corrected chi connectivity index (χ4v) is 3.86. The first-order valence-electron chi connectivity index (χ1n) is 12.8. The van der Waals surface area contributed by atoms with Crippen LogP contribution in [0, 0.1) is 37.1 Å². The molecule has 0 bridgehead atoms. The molecule has 2 atom stereocenters. The zero-order chi connectivity index (χ0) is 26.1. The van der Waals surface area contributed by atoms with E-state index in [0.717, 1.165) is 43.1 Å². The van der Waals surface area contributed by atoms with Crippen molar-refractivity contribution >= 4 is 0 Å². The maximum absolute atomic E-state index is 6.04. The second kappa shape index (κ2) is 37.5. The smallest absolute Gasteiger partial charge is 0.119 e. The molecule has 45 heavy (non-hydrogen) atoms. The van der Waals surface area contributed by atoms with E-state index >= 15 is 0 Å². The Morgan fingerprint density at radius 3 is 1.40 bits per heavy atom. The quantitative estimate of drug-likeness (QED) is 0.135. The first-order chi connectivity index (χ1) is 18.2. The average Bonchev–Trinajstić information content (AvgIpc) is 2.97. The van der Waals surface area contributed by atoms with Crippen LogP contribution in [0.4, 0.5) is 0 Å². The molecule has 0 amide bonds. The molecule has 239 valence electrons. The number of hydrogen-bond acceptors (Lipinski definition) is 3. The number of rotatable bonds is 12. The van der Waals surface area contributed by atoms with Crippen molar-refractivity contribution in [1.82, 2.24) is 0 Å². The van der Waals surface area contributed by atoms with Gasteiger partial charge < -0.3 is 26.3 Å². The third kappa shape index (κ3) is 26.6. The first-order valence-corrected chi connectivity index (χ1v) is 12.8. The van der Waals surface area contributed by atoms with Crippen LogP contribution in [0.5, 0.6) is 17.2 Å². The van der Waals surface area contributed by atoms with Crippen LogP contribution in [0.2, 0.25) is 0 Å². The van der Waals surface area contributed by atoms with E-state index in [-0.39, 0.29) is 180 Å². The second-order valence-corrected chi connectivity index (χ2v) is 9.08. The van der Waals surface area contributed by atoms with Crippen LogP contribution in [-0.2, 0) is 187 Å². The standard InChI is InChI=1S/C28H32O3.C6H4.7W.Y/c1-4-23(21-31-27-8-6-5-7-9-27)18-22(2)20-30-28-16-12-25(13-17-28)19-24-10-14-26(29-3)15-11-24;1-2-4-6-5-3-1;;;;;;;;/h6-17,22-23H,3-4,18-21H2,1-2H3;1-2,5-6H;;;;;;;;/q2*-2;;;;;;;;. The van der Waals surface area contributed by atoms with Crippen LogP contribution < -0.4 is 14.2 Å². The van der Waals surface area contributed by atoms with Gasteiger partial charge in [0.05, 0.1) is 19.0 Å². The van der Waals surface area contributed by atoms with Crippen molar-refractivity contribution in [2.24, 2.45) is 11.8 Å². The summed E-state index contributed by atoms with van der Waals surface area (Å²) in [4.78, 5) is 0. The van der Waals surface area contributed by atoms with Gasteiger partial charge in [-0.1, -0.05) is 44.5 Å². The van der Waals surface area contributed by atoms with Crippen LogP contribution in [0.15, 0.2) is 97.1 Å². The van der Waals surface area contributed by atoms with Crippen molar-refractivity contribution in [3.05, 3.63) is 133 Å². The normalized spacial score (nSPS) is 9.84. The molecule has 2 unspecified atom stereocenters. The molecule has 0 aliphatic heterocycles. The summed E-state index contributed by atoms with van der Waals surface area (Å²) >= 11 is 0. The number of hydrogen-bond donors (Lipinski definition) is 0. The maximum atomic E-state index is 6.04. The fraction of sp³-hybridized carbons (Fsp3) is 0.265. The topological polar surface area (TPSA) is 27.7 Å². The molecule has 0 aliphatic carbocycles.